The van der Waals surface area contributed by atoms with Crippen LogP contribution in [0, 0.1) is 12.8 Å². The van der Waals surface area contributed by atoms with E-state index >= 15 is 0 Å². The Hall–Kier alpha value is -1.06. The molecular formula is C20H36IN3O3. The molecule has 0 bridgehead atoms. The van der Waals surface area contributed by atoms with E-state index in [2.05, 4.69) is 54.6 Å². The van der Waals surface area contributed by atoms with Gasteiger partial charge >= 0.3 is 0 Å². The van der Waals surface area contributed by atoms with Crippen LogP contribution in [0.1, 0.15) is 31.4 Å². The first-order chi connectivity index (χ1) is 12.6. The van der Waals surface area contributed by atoms with Gasteiger partial charge in [-0.05, 0) is 30.9 Å². The van der Waals surface area contributed by atoms with E-state index < -0.39 is 0 Å². The van der Waals surface area contributed by atoms with Crippen LogP contribution in [0.4, 0.5) is 0 Å². The molecule has 1 rings (SSSR count). The quantitative estimate of drug-likeness (QED) is 0.202. The lowest BCUT2D eigenvalue weighted by Crippen LogP contribution is -2.37. The Morgan fingerprint density at radius 1 is 1.15 bits per heavy atom. The van der Waals surface area contributed by atoms with Gasteiger partial charge in [-0.1, -0.05) is 26.0 Å². The molecule has 6 nitrogen and oxygen atoms in total. The Kier molecular flexibility index (Phi) is 15.3. The van der Waals surface area contributed by atoms with Crippen LogP contribution in [0.25, 0.3) is 0 Å². The summed E-state index contributed by atoms with van der Waals surface area (Å²) in [6.45, 7) is 10.5. The molecular weight excluding hydrogens is 457 g/mol. The van der Waals surface area contributed by atoms with Gasteiger partial charge in [-0.3, -0.25) is 4.99 Å². The predicted molar refractivity (Wildman–Crippen MR) is 122 cm³/mol. The summed E-state index contributed by atoms with van der Waals surface area (Å²) in [5, 5.41) is 6.64. The van der Waals surface area contributed by atoms with Crippen LogP contribution >= 0.6 is 24.0 Å². The minimum Gasteiger partial charge on any atom is -0.491 e. The molecule has 0 heterocycles. The van der Waals surface area contributed by atoms with Crippen molar-refractivity contribution in [1.82, 2.24) is 10.6 Å². The number of hydrogen-bond donors (Lipinski definition) is 2. The Morgan fingerprint density at radius 2 is 1.93 bits per heavy atom. The maximum Gasteiger partial charge on any atom is 0.191 e. The van der Waals surface area contributed by atoms with Crippen LogP contribution in [0.3, 0.4) is 0 Å². The molecule has 1 aromatic carbocycles. The molecule has 0 spiro atoms. The van der Waals surface area contributed by atoms with E-state index in [-0.39, 0.29) is 24.0 Å². The molecule has 0 aliphatic carbocycles. The average molecular weight is 493 g/mol. The van der Waals surface area contributed by atoms with Gasteiger partial charge in [-0.2, -0.15) is 0 Å². The number of benzene rings is 1. The lowest BCUT2D eigenvalue weighted by Gasteiger charge is -2.15. The third kappa shape index (κ3) is 12.1. The lowest BCUT2D eigenvalue weighted by molar-refractivity contribution is 0.108. The van der Waals surface area contributed by atoms with Crippen molar-refractivity contribution in [2.75, 3.05) is 47.1 Å². The number of nitrogens with one attached hydrogen (secondary N) is 2. The average Bonchev–Trinajstić information content (AvgIpc) is 2.61. The second-order valence-electron chi connectivity index (χ2n) is 6.63. The third-order valence-corrected chi connectivity index (χ3v) is 3.65. The molecule has 1 aromatic rings. The first kappa shape index (κ1) is 25.9. The number of ether oxygens (including phenoxy) is 3. The molecule has 2 N–H and O–H groups in total. The lowest BCUT2D eigenvalue weighted by atomic mass is 10.1. The number of aryl methyl sites for hydroxylation is 1. The molecule has 0 radical (unpaired) electrons. The van der Waals surface area contributed by atoms with Crippen molar-refractivity contribution >= 4 is 29.9 Å². The summed E-state index contributed by atoms with van der Waals surface area (Å²) in [4.78, 5) is 4.26. The fraction of sp³-hybridized carbons (Fsp3) is 0.650. The fourth-order valence-electron chi connectivity index (χ4n) is 2.28. The van der Waals surface area contributed by atoms with E-state index in [1.54, 1.807) is 14.2 Å². The molecule has 0 fully saturated rings. The van der Waals surface area contributed by atoms with E-state index in [4.69, 9.17) is 14.2 Å². The molecule has 7 heteroatoms. The third-order valence-electron chi connectivity index (χ3n) is 3.65. The molecule has 0 saturated heterocycles. The van der Waals surface area contributed by atoms with Crippen molar-refractivity contribution < 1.29 is 14.2 Å². The smallest absolute Gasteiger partial charge is 0.191 e. The van der Waals surface area contributed by atoms with Crippen molar-refractivity contribution in [3.63, 3.8) is 0 Å². The van der Waals surface area contributed by atoms with Gasteiger partial charge < -0.3 is 24.8 Å². The Morgan fingerprint density at radius 3 is 2.59 bits per heavy atom. The van der Waals surface area contributed by atoms with Crippen LogP contribution in [0.2, 0.25) is 0 Å². The van der Waals surface area contributed by atoms with E-state index in [9.17, 15) is 0 Å². The van der Waals surface area contributed by atoms with E-state index in [1.807, 2.05) is 0 Å². The van der Waals surface area contributed by atoms with E-state index in [0.29, 0.717) is 25.7 Å². The standard InChI is InChI=1S/C20H35N3O3.HI/c1-16(2)15-25-10-6-9-22-20(21-4)23-14-18-8-7-17(3)13-19(18)26-12-11-24-5;/h7-8,13,16H,6,9-12,14-15H2,1-5H3,(H2,21,22,23);1H. The second-order valence-corrected chi connectivity index (χ2v) is 6.63. The number of hydrogen-bond acceptors (Lipinski definition) is 4. The van der Waals surface area contributed by atoms with Crippen molar-refractivity contribution in [1.29, 1.82) is 0 Å². The Labute approximate surface area is 181 Å². The molecule has 0 amide bonds. The van der Waals surface area contributed by atoms with Gasteiger partial charge in [0.25, 0.3) is 0 Å². The molecule has 0 aliphatic heterocycles. The fourth-order valence-corrected chi connectivity index (χ4v) is 2.28. The van der Waals surface area contributed by atoms with Gasteiger partial charge in [0.15, 0.2) is 5.96 Å². The Balaban J connectivity index is 0.00000676. The van der Waals surface area contributed by atoms with Crippen LogP contribution in [0.15, 0.2) is 23.2 Å². The van der Waals surface area contributed by atoms with Crippen molar-refractivity contribution in [3.8, 4) is 5.75 Å². The zero-order valence-electron chi connectivity index (χ0n) is 17.3. The summed E-state index contributed by atoms with van der Waals surface area (Å²) in [5.74, 6) is 2.23. The van der Waals surface area contributed by atoms with Gasteiger partial charge in [-0.25, -0.2) is 0 Å². The highest BCUT2D eigenvalue weighted by atomic mass is 127. The van der Waals surface area contributed by atoms with Crippen LogP contribution in [0.5, 0.6) is 5.75 Å². The van der Waals surface area contributed by atoms with Gasteiger partial charge in [0, 0.05) is 46.0 Å². The number of guanidine groups is 1. The number of aliphatic imine (C=N–C) groups is 1. The molecule has 156 valence electrons. The van der Waals surface area contributed by atoms with Crippen molar-refractivity contribution in [2.24, 2.45) is 10.9 Å². The van der Waals surface area contributed by atoms with Crippen molar-refractivity contribution in [3.05, 3.63) is 29.3 Å². The summed E-state index contributed by atoms with van der Waals surface area (Å²) < 4.78 is 16.5. The summed E-state index contributed by atoms with van der Waals surface area (Å²) >= 11 is 0. The van der Waals surface area contributed by atoms with Gasteiger partial charge in [0.2, 0.25) is 0 Å². The molecule has 0 unspecified atom stereocenters. The van der Waals surface area contributed by atoms with Crippen molar-refractivity contribution in [2.45, 2.75) is 33.7 Å². The summed E-state index contributed by atoms with van der Waals surface area (Å²) in [7, 11) is 3.45. The zero-order chi connectivity index (χ0) is 19.2. The summed E-state index contributed by atoms with van der Waals surface area (Å²) in [6, 6.07) is 6.22. The normalized spacial score (nSPS) is 11.3. The first-order valence-corrected chi connectivity index (χ1v) is 9.30. The summed E-state index contributed by atoms with van der Waals surface area (Å²) in [6.07, 6.45) is 0.948. The largest absolute Gasteiger partial charge is 0.491 e. The van der Waals surface area contributed by atoms with Crippen LogP contribution in [-0.4, -0.2) is 53.1 Å². The minimum atomic E-state index is 0. The predicted octanol–water partition coefficient (Wildman–Crippen LogP) is 3.37. The molecule has 0 atom stereocenters. The monoisotopic (exact) mass is 493 g/mol. The van der Waals surface area contributed by atoms with Gasteiger partial charge in [-0.15, -0.1) is 24.0 Å². The number of halogens is 1. The topological polar surface area (TPSA) is 64.1 Å². The highest BCUT2D eigenvalue weighted by Gasteiger charge is 2.06. The van der Waals surface area contributed by atoms with Gasteiger partial charge in [0.1, 0.15) is 12.4 Å². The highest BCUT2D eigenvalue weighted by Crippen LogP contribution is 2.20. The maximum atomic E-state index is 5.83. The molecule has 0 aromatic heterocycles. The minimum absolute atomic E-state index is 0. The zero-order valence-corrected chi connectivity index (χ0v) is 19.7. The summed E-state index contributed by atoms with van der Waals surface area (Å²) in [5.41, 5.74) is 2.26. The van der Waals surface area contributed by atoms with E-state index in [0.717, 1.165) is 43.5 Å². The highest BCUT2D eigenvalue weighted by molar-refractivity contribution is 14.0. The second kappa shape index (κ2) is 15.9. The van der Waals surface area contributed by atoms with Crippen LogP contribution < -0.4 is 15.4 Å². The van der Waals surface area contributed by atoms with Crippen LogP contribution in [-0.2, 0) is 16.0 Å². The SMILES string of the molecule is CN=C(NCCCOCC(C)C)NCc1ccc(C)cc1OCCOC.I. The number of rotatable bonds is 12. The number of methoxy groups -OCH3 is 1. The first-order valence-electron chi connectivity index (χ1n) is 9.30. The Bertz CT molecular complexity index is 539. The van der Waals surface area contributed by atoms with Gasteiger partial charge in [0.05, 0.1) is 6.61 Å². The molecule has 27 heavy (non-hydrogen) atoms. The molecule has 0 aliphatic rings. The number of nitrogens with zero attached hydrogens (tertiary/aromatic N) is 1. The van der Waals surface area contributed by atoms with E-state index in [1.165, 1.54) is 5.56 Å². The maximum absolute atomic E-state index is 5.83. The molecule has 0 saturated carbocycles.